The molecule has 0 aliphatic heterocycles. The number of hydrogen-bond donors (Lipinski definition) is 0. The van der Waals surface area contributed by atoms with Crippen molar-refractivity contribution in [2.45, 2.75) is 6.42 Å². The van der Waals surface area contributed by atoms with Crippen LogP contribution >= 0.6 is 23.2 Å². The Hall–Kier alpha value is -3.72. The Morgan fingerprint density at radius 2 is 0.971 bits per heavy atom. The first-order valence-corrected chi connectivity index (χ1v) is 12.0. The summed E-state index contributed by atoms with van der Waals surface area (Å²) in [6.07, 6.45) is 12.0. The highest BCUT2D eigenvalue weighted by molar-refractivity contribution is 6.33. The van der Waals surface area contributed by atoms with Crippen LogP contribution in [-0.4, -0.2) is 12.4 Å². The van der Waals surface area contributed by atoms with Gasteiger partial charge in [-0.25, -0.2) is 0 Å². The lowest BCUT2D eigenvalue weighted by Gasteiger charge is -2.06. The highest BCUT2D eigenvalue weighted by atomic mass is 35.5. The van der Waals surface area contributed by atoms with Crippen molar-refractivity contribution >= 4 is 59.2 Å². The Labute approximate surface area is 216 Å². The monoisotopic (exact) mass is 494 g/mol. The van der Waals surface area contributed by atoms with Gasteiger partial charge in [0.1, 0.15) is 0 Å². The average Bonchev–Trinajstić information content (AvgIpc) is 2.88. The van der Waals surface area contributed by atoms with Crippen molar-refractivity contribution in [2.75, 3.05) is 0 Å². The van der Waals surface area contributed by atoms with Crippen LogP contribution in [0.15, 0.2) is 119 Å². The Kier molecular flexibility index (Phi) is 8.83. The van der Waals surface area contributed by atoms with Crippen LogP contribution < -0.4 is 0 Å². The molecule has 0 aromatic heterocycles. The minimum Gasteiger partial charge on any atom is -0.255 e. The molecule has 172 valence electrons. The molecule has 0 N–H and O–H groups in total. The van der Waals surface area contributed by atoms with E-state index in [1.165, 1.54) is 0 Å². The molecule has 4 heteroatoms. The Morgan fingerprint density at radius 3 is 1.37 bits per heavy atom. The molecule has 0 amide bonds. The summed E-state index contributed by atoms with van der Waals surface area (Å²) in [5.74, 6) is 0. The van der Waals surface area contributed by atoms with E-state index in [2.05, 4.69) is 9.98 Å². The quantitative estimate of drug-likeness (QED) is 0.218. The van der Waals surface area contributed by atoms with Gasteiger partial charge in [0.15, 0.2) is 0 Å². The van der Waals surface area contributed by atoms with Crippen molar-refractivity contribution in [3.8, 4) is 0 Å². The van der Waals surface area contributed by atoms with Gasteiger partial charge in [0, 0.05) is 12.4 Å². The van der Waals surface area contributed by atoms with Crippen LogP contribution in [0.4, 0.5) is 11.4 Å². The van der Waals surface area contributed by atoms with E-state index >= 15 is 0 Å². The minimum absolute atomic E-state index is 0.615. The van der Waals surface area contributed by atoms with E-state index in [-0.39, 0.29) is 0 Å². The number of rotatable bonds is 8. The molecule has 0 unspecified atom stereocenters. The molecule has 0 heterocycles. The molecule has 0 bridgehead atoms. The second kappa shape index (κ2) is 12.7. The number of aliphatic imine (C=N–C) groups is 2. The maximum Gasteiger partial charge on any atom is 0.0816 e. The van der Waals surface area contributed by atoms with Crippen molar-refractivity contribution in [1.29, 1.82) is 0 Å². The predicted molar refractivity (Wildman–Crippen MR) is 153 cm³/mol. The van der Waals surface area contributed by atoms with E-state index in [4.69, 9.17) is 23.2 Å². The van der Waals surface area contributed by atoms with E-state index in [1.54, 1.807) is 12.4 Å². The minimum atomic E-state index is 0.615. The van der Waals surface area contributed by atoms with Crippen molar-refractivity contribution in [2.24, 2.45) is 9.98 Å². The number of allylic oxidation sites excluding steroid dienone is 2. The number of benzene rings is 4. The highest BCUT2D eigenvalue weighted by Crippen LogP contribution is 2.29. The van der Waals surface area contributed by atoms with Gasteiger partial charge in [-0.1, -0.05) is 108 Å². The maximum atomic E-state index is 6.47. The summed E-state index contributed by atoms with van der Waals surface area (Å²) in [7, 11) is 0. The van der Waals surface area contributed by atoms with E-state index in [0.29, 0.717) is 10.0 Å². The van der Waals surface area contributed by atoms with Gasteiger partial charge in [-0.3, -0.25) is 9.98 Å². The largest absolute Gasteiger partial charge is 0.255 e. The topological polar surface area (TPSA) is 24.7 Å². The fraction of sp³-hybridized carbons (Fsp3) is 0.0323. The van der Waals surface area contributed by atoms with Gasteiger partial charge in [0.25, 0.3) is 0 Å². The van der Waals surface area contributed by atoms with Crippen molar-refractivity contribution < 1.29 is 0 Å². The van der Waals surface area contributed by atoms with E-state index in [0.717, 1.165) is 40.0 Å². The summed E-state index contributed by atoms with van der Waals surface area (Å²) in [4.78, 5) is 8.93. The van der Waals surface area contributed by atoms with Crippen LogP contribution in [0.5, 0.6) is 0 Å². The summed E-state index contributed by atoms with van der Waals surface area (Å²) in [5.41, 5.74) is 5.90. The van der Waals surface area contributed by atoms with Crippen molar-refractivity contribution in [1.82, 2.24) is 0 Å². The summed E-state index contributed by atoms with van der Waals surface area (Å²) in [6.45, 7) is 0. The van der Waals surface area contributed by atoms with E-state index in [9.17, 15) is 0 Å². The number of hydrogen-bond acceptors (Lipinski definition) is 2. The van der Waals surface area contributed by atoms with Gasteiger partial charge in [-0.15, -0.1) is 0 Å². The molecule has 35 heavy (non-hydrogen) atoms. The first kappa shape index (κ1) is 24.4. The van der Waals surface area contributed by atoms with Crippen LogP contribution in [0.3, 0.4) is 0 Å². The lowest BCUT2D eigenvalue weighted by atomic mass is 10.0. The molecule has 0 saturated carbocycles. The van der Waals surface area contributed by atoms with Crippen molar-refractivity contribution in [3.05, 3.63) is 142 Å². The van der Waals surface area contributed by atoms with Gasteiger partial charge in [0.05, 0.1) is 21.4 Å². The fourth-order valence-electron chi connectivity index (χ4n) is 3.45. The summed E-state index contributed by atoms with van der Waals surface area (Å²) in [5, 5.41) is 1.23. The number of halogens is 2. The number of nitrogens with zero attached hydrogens (tertiary/aromatic N) is 2. The molecular formula is C31H24Cl2N2. The summed E-state index contributed by atoms with van der Waals surface area (Å²) in [6, 6.07) is 32.0. The van der Waals surface area contributed by atoms with Gasteiger partial charge in [-0.2, -0.15) is 0 Å². The molecule has 4 aromatic carbocycles. The molecule has 0 aliphatic carbocycles. The third-order valence-corrected chi connectivity index (χ3v) is 5.81. The first-order valence-electron chi connectivity index (χ1n) is 11.3. The molecule has 0 aliphatic rings. The summed E-state index contributed by atoms with van der Waals surface area (Å²) >= 11 is 12.9. The molecule has 0 radical (unpaired) electrons. The van der Waals surface area contributed by atoms with Gasteiger partial charge in [0.2, 0.25) is 0 Å². The molecule has 4 rings (SSSR count). The van der Waals surface area contributed by atoms with Crippen LogP contribution in [0.25, 0.3) is 12.2 Å². The molecule has 0 atom stereocenters. The fourth-order valence-corrected chi connectivity index (χ4v) is 3.95. The van der Waals surface area contributed by atoms with Crippen LogP contribution in [-0.2, 0) is 6.42 Å². The van der Waals surface area contributed by atoms with Crippen LogP contribution in [0, 0.1) is 0 Å². The third kappa shape index (κ3) is 7.65. The Balaban J connectivity index is 1.36. The third-order valence-electron chi connectivity index (χ3n) is 5.21. The van der Waals surface area contributed by atoms with Gasteiger partial charge in [-0.05, 0) is 65.1 Å². The molecule has 0 fully saturated rings. The molecule has 0 saturated heterocycles. The zero-order valence-corrected chi connectivity index (χ0v) is 20.6. The van der Waals surface area contributed by atoms with Crippen LogP contribution in [0.1, 0.15) is 22.3 Å². The SMILES string of the molecule is Clc1cc(Cc2ccc(N=CC=Cc3ccccc3)c(Cl)c2)ccc1N=CC=Cc1ccccc1. The zero-order valence-electron chi connectivity index (χ0n) is 19.1. The molecule has 0 spiro atoms. The highest BCUT2D eigenvalue weighted by Gasteiger charge is 2.05. The van der Waals surface area contributed by atoms with Gasteiger partial charge < -0.3 is 0 Å². The first-order chi connectivity index (χ1) is 17.2. The van der Waals surface area contributed by atoms with Gasteiger partial charge >= 0.3 is 0 Å². The lowest BCUT2D eigenvalue weighted by molar-refractivity contribution is 1.19. The molecule has 2 nitrogen and oxygen atoms in total. The second-order valence-electron chi connectivity index (χ2n) is 7.84. The maximum absolute atomic E-state index is 6.47. The lowest BCUT2D eigenvalue weighted by Crippen LogP contribution is -1.88. The van der Waals surface area contributed by atoms with E-state index < -0.39 is 0 Å². The van der Waals surface area contributed by atoms with Crippen molar-refractivity contribution in [3.63, 3.8) is 0 Å². The smallest absolute Gasteiger partial charge is 0.0816 e. The normalized spacial score (nSPS) is 11.9. The second-order valence-corrected chi connectivity index (χ2v) is 8.66. The van der Waals surface area contributed by atoms with E-state index in [1.807, 2.05) is 121 Å². The van der Waals surface area contributed by atoms with Crippen LogP contribution in [0.2, 0.25) is 10.0 Å². The average molecular weight is 495 g/mol. The zero-order chi connectivity index (χ0) is 24.3. The predicted octanol–water partition coefficient (Wildman–Crippen LogP) is 9.42. The Morgan fingerprint density at radius 1 is 0.543 bits per heavy atom. The summed E-state index contributed by atoms with van der Waals surface area (Å²) < 4.78 is 0. The molecule has 4 aromatic rings. The Bertz CT molecular complexity index is 1270. The molecular weight excluding hydrogens is 471 g/mol. The standard InChI is InChI=1S/C31H24Cl2N2/c32-28-22-26(15-17-30(28)34-19-7-13-24-9-3-1-4-10-24)21-27-16-18-31(29(33)23-27)35-20-8-14-25-11-5-2-6-12-25/h1-20,22-23H,21H2.